The lowest BCUT2D eigenvalue weighted by Gasteiger charge is -2.07. The molecule has 1 aliphatic heterocycles. The molecule has 2 aromatic carbocycles. The van der Waals surface area contributed by atoms with Crippen LogP contribution < -0.4 is 4.74 Å². The fraction of sp³-hybridized carbons (Fsp3) is 0.150. The molecule has 1 saturated heterocycles. The Kier molecular flexibility index (Phi) is 5.98. The van der Waals surface area contributed by atoms with Crippen LogP contribution >= 0.6 is 23.4 Å². The minimum atomic E-state index is -0.285. The fourth-order valence-electron chi connectivity index (χ4n) is 2.26. The minimum Gasteiger partial charge on any atom is -0.427 e. The number of carbonyl (C=O) groups is 2. The number of likely N-dealkylation sites (N-methyl/N-ethyl adjacent to an activating group) is 1. The average molecular weight is 401 g/mol. The van der Waals surface area contributed by atoms with E-state index in [1.165, 1.54) is 16.7 Å². The summed E-state index contributed by atoms with van der Waals surface area (Å²) in [6.45, 7) is 1.74. The highest BCUT2D eigenvalue weighted by Crippen LogP contribution is 2.33. The summed E-state index contributed by atoms with van der Waals surface area (Å²) in [5.74, 6) is 0.0815. The van der Waals surface area contributed by atoms with Gasteiger partial charge in [0.2, 0.25) is 0 Å². The zero-order chi connectivity index (χ0) is 19.4. The highest BCUT2D eigenvalue weighted by molar-refractivity contribution is 8.18. The molecular formula is C20H17ClN2O3S. The molecule has 0 radical (unpaired) electrons. The number of thioether (sulfide) groups is 1. The van der Waals surface area contributed by atoms with Gasteiger partial charge in [-0.15, -0.1) is 0 Å². The van der Waals surface area contributed by atoms with Crippen LogP contribution in [-0.4, -0.2) is 29.0 Å². The van der Waals surface area contributed by atoms with E-state index in [1.54, 1.807) is 68.6 Å². The van der Waals surface area contributed by atoms with Crippen LogP contribution in [0.1, 0.15) is 18.9 Å². The number of carbonyl (C=O) groups excluding carboxylic acids is 2. The summed E-state index contributed by atoms with van der Waals surface area (Å²) in [6, 6.07) is 14.1. The molecular weight excluding hydrogens is 384 g/mol. The van der Waals surface area contributed by atoms with Crippen LogP contribution in [0.3, 0.4) is 0 Å². The number of rotatable bonds is 4. The normalized spacial score (nSPS) is 17.0. The van der Waals surface area contributed by atoms with E-state index in [-0.39, 0.29) is 11.9 Å². The van der Waals surface area contributed by atoms with Gasteiger partial charge in [0.15, 0.2) is 5.17 Å². The predicted octanol–water partition coefficient (Wildman–Crippen LogP) is 4.89. The number of ether oxygens (including phenoxy) is 1. The number of benzene rings is 2. The second kappa shape index (κ2) is 8.41. The van der Waals surface area contributed by atoms with E-state index >= 15 is 0 Å². The van der Waals surface area contributed by atoms with Crippen molar-refractivity contribution in [2.75, 3.05) is 7.05 Å². The van der Waals surface area contributed by atoms with Gasteiger partial charge in [0.25, 0.3) is 5.91 Å². The van der Waals surface area contributed by atoms with Crippen LogP contribution in [0.2, 0.25) is 5.02 Å². The molecule has 0 saturated carbocycles. The Balaban J connectivity index is 1.77. The molecule has 2 aromatic rings. The first kappa shape index (κ1) is 19.2. The topological polar surface area (TPSA) is 59.0 Å². The molecule has 138 valence electrons. The first-order chi connectivity index (χ1) is 13.0. The fourth-order valence-corrected chi connectivity index (χ4v) is 3.38. The van der Waals surface area contributed by atoms with E-state index in [0.717, 1.165) is 11.3 Å². The smallest absolute Gasteiger partial charge is 0.310 e. The number of hydrogen-bond acceptors (Lipinski definition) is 5. The van der Waals surface area contributed by atoms with Crippen molar-refractivity contribution >= 4 is 52.2 Å². The number of amides is 1. The van der Waals surface area contributed by atoms with Crippen LogP contribution in [-0.2, 0) is 9.59 Å². The summed E-state index contributed by atoms with van der Waals surface area (Å²) in [5.41, 5.74) is 1.56. The van der Waals surface area contributed by atoms with Gasteiger partial charge in [-0.1, -0.05) is 30.7 Å². The van der Waals surface area contributed by atoms with Gasteiger partial charge >= 0.3 is 5.97 Å². The van der Waals surface area contributed by atoms with Crippen LogP contribution in [0.15, 0.2) is 58.4 Å². The van der Waals surface area contributed by atoms with Gasteiger partial charge in [-0.25, -0.2) is 4.99 Å². The summed E-state index contributed by atoms with van der Waals surface area (Å²) >= 11 is 7.19. The Morgan fingerprint density at radius 1 is 1.19 bits per heavy atom. The molecule has 1 heterocycles. The number of halogens is 1. The van der Waals surface area contributed by atoms with Gasteiger partial charge in [0.05, 0.1) is 10.6 Å². The Bertz CT molecular complexity index is 921. The van der Waals surface area contributed by atoms with Gasteiger partial charge in [-0.2, -0.15) is 0 Å². The zero-order valence-electron chi connectivity index (χ0n) is 14.8. The SMILES string of the molecule is CCC(=O)Oc1ccc(/C=C2/SC(=Nc3ccc(Cl)cc3)N(C)C2=O)cc1. The van der Waals surface area contributed by atoms with Crippen molar-refractivity contribution in [1.29, 1.82) is 0 Å². The van der Waals surface area contributed by atoms with E-state index < -0.39 is 0 Å². The first-order valence-electron chi connectivity index (χ1n) is 8.29. The lowest BCUT2D eigenvalue weighted by Crippen LogP contribution is -2.23. The zero-order valence-corrected chi connectivity index (χ0v) is 16.4. The van der Waals surface area contributed by atoms with Crippen molar-refractivity contribution in [1.82, 2.24) is 4.90 Å². The van der Waals surface area contributed by atoms with Gasteiger partial charge in [-0.3, -0.25) is 14.5 Å². The van der Waals surface area contributed by atoms with Crippen LogP contribution in [0.5, 0.6) is 5.75 Å². The summed E-state index contributed by atoms with van der Waals surface area (Å²) in [6.07, 6.45) is 2.11. The van der Waals surface area contributed by atoms with Crippen molar-refractivity contribution in [3.8, 4) is 5.75 Å². The van der Waals surface area contributed by atoms with E-state index in [2.05, 4.69) is 4.99 Å². The molecule has 0 bridgehead atoms. The third-order valence-corrected chi connectivity index (χ3v) is 5.07. The van der Waals surface area contributed by atoms with Crippen molar-refractivity contribution in [3.63, 3.8) is 0 Å². The molecule has 1 aliphatic rings. The molecule has 5 nitrogen and oxygen atoms in total. The Hall–Kier alpha value is -2.57. The molecule has 0 atom stereocenters. The molecule has 1 amide bonds. The van der Waals surface area contributed by atoms with Crippen LogP contribution in [0.4, 0.5) is 5.69 Å². The summed E-state index contributed by atoms with van der Waals surface area (Å²) in [7, 11) is 1.69. The van der Waals surface area contributed by atoms with Gasteiger partial charge in [0, 0.05) is 18.5 Å². The van der Waals surface area contributed by atoms with E-state index in [1.807, 2.05) is 0 Å². The summed E-state index contributed by atoms with van der Waals surface area (Å²) in [5, 5.41) is 1.23. The van der Waals surface area contributed by atoms with Crippen molar-refractivity contribution < 1.29 is 14.3 Å². The maximum atomic E-state index is 12.5. The molecule has 1 fully saturated rings. The molecule has 0 unspecified atom stereocenters. The lowest BCUT2D eigenvalue weighted by atomic mass is 10.2. The second-order valence-electron chi connectivity index (χ2n) is 5.74. The number of esters is 1. The number of aliphatic imine (C=N–C) groups is 1. The number of nitrogens with zero attached hydrogens (tertiary/aromatic N) is 2. The molecule has 0 aromatic heterocycles. The van der Waals surface area contributed by atoms with Crippen LogP contribution in [0, 0.1) is 0 Å². The van der Waals surface area contributed by atoms with E-state index in [9.17, 15) is 9.59 Å². The third kappa shape index (κ3) is 4.78. The predicted molar refractivity (Wildman–Crippen MR) is 109 cm³/mol. The molecule has 0 N–H and O–H groups in total. The van der Waals surface area contributed by atoms with E-state index in [4.69, 9.17) is 16.3 Å². The molecule has 0 aliphatic carbocycles. The second-order valence-corrected chi connectivity index (χ2v) is 7.19. The van der Waals surface area contributed by atoms with Crippen molar-refractivity contribution in [2.45, 2.75) is 13.3 Å². The van der Waals surface area contributed by atoms with Gasteiger partial charge < -0.3 is 4.74 Å². The van der Waals surface area contributed by atoms with Crippen molar-refractivity contribution in [3.05, 3.63) is 64.0 Å². The maximum Gasteiger partial charge on any atom is 0.310 e. The lowest BCUT2D eigenvalue weighted by molar-refractivity contribution is -0.134. The van der Waals surface area contributed by atoms with Gasteiger partial charge in [-0.05, 0) is 59.8 Å². The number of hydrogen-bond donors (Lipinski definition) is 0. The number of amidine groups is 1. The quantitative estimate of drug-likeness (QED) is 0.416. The molecule has 0 spiro atoms. The maximum absolute atomic E-state index is 12.5. The standard InChI is InChI=1S/C20H17ClN2O3S/c1-3-18(24)26-16-10-4-13(5-11-16)12-17-19(25)23(2)20(27-17)22-15-8-6-14(21)7-9-15/h4-12H,3H2,1-2H3/b17-12+,22-20?. The Labute approximate surface area is 166 Å². The van der Waals surface area contributed by atoms with Crippen molar-refractivity contribution in [2.24, 2.45) is 4.99 Å². The van der Waals surface area contributed by atoms with Gasteiger partial charge in [0.1, 0.15) is 5.75 Å². The summed E-state index contributed by atoms with van der Waals surface area (Å²) < 4.78 is 5.15. The monoisotopic (exact) mass is 400 g/mol. The molecule has 27 heavy (non-hydrogen) atoms. The summed E-state index contributed by atoms with van der Waals surface area (Å²) in [4.78, 5) is 30.4. The Morgan fingerprint density at radius 2 is 1.85 bits per heavy atom. The first-order valence-corrected chi connectivity index (χ1v) is 9.48. The highest BCUT2D eigenvalue weighted by Gasteiger charge is 2.30. The van der Waals surface area contributed by atoms with E-state index in [0.29, 0.717) is 27.3 Å². The Morgan fingerprint density at radius 3 is 2.48 bits per heavy atom. The third-order valence-electron chi connectivity index (χ3n) is 3.75. The highest BCUT2D eigenvalue weighted by atomic mass is 35.5. The minimum absolute atomic E-state index is 0.116. The molecule has 3 rings (SSSR count). The average Bonchev–Trinajstić information content (AvgIpc) is 2.93. The van der Waals surface area contributed by atoms with Crippen LogP contribution in [0.25, 0.3) is 6.08 Å². The largest absolute Gasteiger partial charge is 0.427 e. The molecule has 7 heteroatoms.